The minimum atomic E-state index is 0.327. The lowest BCUT2D eigenvalue weighted by Crippen LogP contribution is -2.45. The first-order chi connectivity index (χ1) is 13.8. The van der Waals surface area contributed by atoms with E-state index in [1.165, 1.54) is 35.1 Å². The minimum absolute atomic E-state index is 0.327. The van der Waals surface area contributed by atoms with E-state index in [1.54, 1.807) is 7.11 Å². The maximum Gasteiger partial charge on any atom is 0.123 e. The summed E-state index contributed by atoms with van der Waals surface area (Å²) >= 11 is 0. The molecule has 0 saturated carbocycles. The fraction of sp³-hybridized carbons (Fsp3) is 0.280. The van der Waals surface area contributed by atoms with Crippen molar-refractivity contribution in [2.45, 2.75) is 31.5 Å². The van der Waals surface area contributed by atoms with Gasteiger partial charge in [0, 0.05) is 24.2 Å². The van der Waals surface area contributed by atoms with E-state index < -0.39 is 0 Å². The monoisotopic (exact) mass is 372 g/mol. The molecule has 3 heteroatoms. The Morgan fingerprint density at radius 1 is 0.893 bits per heavy atom. The largest absolute Gasteiger partial charge is 0.496 e. The zero-order chi connectivity index (χ0) is 19.2. The van der Waals surface area contributed by atoms with Crippen LogP contribution in [0.4, 0.5) is 0 Å². The first-order valence-corrected chi connectivity index (χ1v) is 10.1. The van der Waals surface area contributed by atoms with Gasteiger partial charge in [0.1, 0.15) is 5.75 Å². The van der Waals surface area contributed by atoms with E-state index in [0.717, 1.165) is 18.8 Å². The molecule has 3 aromatic carbocycles. The third-order valence-corrected chi connectivity index (χ3v) is 5.58. The van der Waals surface area contributed by atoms with Crippen LogP contribution in [0.3, 0.4) is 0 Å². The average molecular weight is 373 g/mol. The van der Waals surface area contributed by atoms with Crippen LogP contribution < -0.4 is 15.4 Å². The van der Waals surface area contributed by atoms with Crippen molar-refractivity contribution < 1.29 is 4.74 Å². The molecule has 0 unspecified atom stereocenters. The summed E-state index contributed by atoms with van der Waals surface area (Å²) in [6.07, 6.45) is 2.37. The summed E-state index contributed by atoms with van der Waals surface area (Å²) in [5.41, 5.74) is 5.07. The topological polar surface area (TPSA) is 33.3 Å². The van der Waals surface area contributed by atoms with Gasteiger partial charge in [-0.1, -0.05) is 72.8 Å². The second-order valence-corrected chi connectivity index (χ2v) is 7.36. The number of piperidine rings is 1. The van der Waals surface area contributed by atoms with Gasteiger partial charge < -0.3 is 15.4 Å². The van der Waals surface area contributed by atoms with E-state index in [1.807, 2.05) is 12.1 Å². The van der Waals surface area contributed by atoms with Crippen molar-refractivity contribution >= 4 is 0 Å². The van der Waals surface area contributed by atoms with Crippen LogP contribution in [0, 0.1) is 0 Å². The average Bonchev–Trinajstić information content (AvgIpc) is 2.79. The molecule has 28 heavy (non-hydrogen) atoms. The number of hydrogen-bond donors (Lipinski definition) is 2. The minimum Gasteiger partial charge on any atom is -0.496 e. The molecule has 0 amide bonds. The van der Waals surface area contributed by atoms with Crippen molar-refractivity contribution in [2.75, 3.05) is 13.7 Å². The number of ether oxygens (including phenoxy) is 1. The number of benzene rings is 3. The molecule has 0 aliphatic carbocycles. The highest BCUT2D eigenvalue weighted by molar-refractivity contribution is 5.63. The summed E-state index contributed by atoms with van der Waals surface area (Å²) in [4.78, 5) is 0. The summed E-state index contributed by atoms with van der Waals surface area (Å²) < 4.78 is 5.50. The molecule has 3 aromatic rings. The SMILES string of the molecule is COc1ccccc1CN[C@@H]1CCCN[C@@H]1c1ccc(-c2ccccc2)cc1. The number of nitrogens with one attached hydrogen (secondary N) is 2. The molecule has 1 aliphatic rings. The molecule has 0 aromatic heterocycles. The van der Waals surface area contributed by atoms with Crippen molar-refractivity contribution in [1.29, 1.82) is 0 Å². The lowest BCUT2D eigenvalue weighted by Gasteiger charge is -2.34. The van der Waals surface area contributed by atoms with Crippen LogP contribution in [0.5, 0.6) is 5.75 Å². The molecule has 4 rings (SSSR count). The number of hydrogen-bond acceptors (Lipinski definition) is 3. The van der Waals surface area contributed by atoms with Gasteiger partial charge in [-0.05, 0) is 42.1 Å². The van der Waals surface area contributed by atoms with Gasteiger partial charge in [-0.2, -0.15) is 0 Å². The van der Waals surface area contributed by atoms with Gasteiger partial charge in [-0.25, -0.2) is 0 Å². The highest BCUT2D eigenvalue weighted by Gasteiger charge is 2.25. The fourth-order valence-corrected chi connectivity index (χ4v) is 4.06. The number of methoxy groups -OCH3 is 1. The highest BCUT2D eigenvalue weighted by Crippen LogP contribution is 2.27. The molecule has 0 bridgehead atoms. The van der Waals surface area contributed by atoms with E-state index in [2.05, 4.69) is 77.4 Å². The Labute approximate surface area is 167 Å². The second kappa shape index (κ2) is 9.05. The van der Waals surface area contributed by atoms with Crippen molar-refractivity contribution in [1.82, 2.24) is 10.6 Å². The van der Waals surface area contributed by atoms with Crippen LogP contribution in [-0.2, 0) is 6.54 Å². The molecule has 1 saturated heterocycles. The highest BCUT2D eigenvalue weighted by atomic mass is 16.5. The maximum atomic E-state index is 5.50. The predicted octanol–water partition coefficient (Wildman–Crippen LogP) is 4.95. The Morgan fingerprint density at radius 3 is 2.39 bits per heavy atom. The van der Waals surface area contributed by atoms with E-state index >= 15 is 0 Å². The molecule has 3 nitrogen and oxygen atoms in total. The summed E-state index contributed by atoms with van der Waals surface area (Å²) in [7, 11) is 1.73. The molecule has 1 fully saturated rings. The van der Waals surface area contributed by atoms with Crippen LogP contribution >= 0.6 is 0 Å². The maximum absolute atomic E-state index is 5.50. The third kappa shape index (κ3) is 4.27. The lowest BCUT2D eigenvalue weighted by molar-refractivity contribution is 0.303. The molecule has 1 aliphatic heterocycles. The zero-order valence-electron chi connectivity index (χ0n) is 16.4. The van der Waals surface area contributed by atoms with Crippen LogP contribution in [0.25, 0.3) is 11.1 Å². The number of para-hydroxylation sites is 1. The van der Waals surface area contributed by atoms with Crippen molar-refractivity contribution in [2.24, 2.45) is 0 Å². The van der Waals surface area contributed by atoms with Gasteiger partial charge in [0.2, 0.25) is 0 Å². The molecule has 1 heterocycles. The Balaban J connectivity index is 1.47. The molecule has 144 valence electrons. The third-order valence-electron chi connectivity index (χ3n) is 5.58. The van der Waals surface area contributed by atoms with E-state index in [9.17, 15) is 0 Å². The van der Waals surface area contributed by atoms with Gasteiger partial charge in [0.25, 0.3) is 0 Å². The molecule has 0 radical (unpaired) electrons. The van der Waals surface area contributed by atoms with E-state index in [4.69, 9.17) is 4.74 Å². The van der Waals surface area contributed by atoms with E-state index in [0.29, 0.717) is 12.1 Å². The lowest BCUT2D eigenvalue weighted by atomic mass is 9.91. The first kappa shape index (κ1) is 18.7. The second-order valence-electron chi connectivity index (χ2n) is 7.36. The predicted molar refractivity (Wildman–Crippen MR) is 115 cm³/mol. The van der Waals surface area contributed by atoms with Gasteiger partial charge in [0.05, 0.1) is 7.11 Å². The van der Waals surface area contributed by atoms with Crippen molar-refractivity contribution in [3.8, 4) is 16.9 Å². The zero-order valence-corrected chi connectivity index (χ0v) is 16.4. The Kier molecular flexibility index (Phi) is 6.05. The molecule has 2 atom stereocenters. The quantitative estimate of drug-likeness (QED) is 0.643. The normalized spacial score (nSPS) is 19.3. The summed E-state index contributed by atoms with van der Waals surface area (Å²) in [5, 5.41) is 7.48. The molecule has 0 spiro atoms. The van der Waals surface area contributed by atoms with Crippen LogP contribution in [0.15, 0.2) is 78.9 Å². The molecule has 2 N–H and O–H groups in total. The fourth-order valence-electron chi connectivity index (χ4n) is 4.06. The standard InChI is InChI=1S/C25H28N2O/c1-28-24-12-6-5-10-22(24)18-27-23-11-7-17-26-25(23)21-15-13-20(14-16-21)19-8-3-2-4-9-19/h2-6,8-10,12-16,23,25-27H,7,11,17-18H2,1H3/t23-,25-/m1/s1. The van der Waals surface area contributed by atoms with Gasteiger partial charge >= 0.3 is 0 Å². The van der Waals surface area contributed by atoms with Crippen LogP contribution in [0.2, 0.25) is 0 Å². The smallest absolute Gasteiger partial charge is 0.123 e. The number of rotatable bonds is 6. The Bertz CT molecular complexity index is 877. The van der Waals surface area contributed by atoms with Gasteiger partial charge in [-0.3, -0.25) is 0 Å². The van der Waals surface area contributed by atoms with Crippen LogP contribution in [0.1, 0.15) is 30.0 Å². The summed E-state index contributed by atoms with van der Waals surface area (Å²) in [6.45, 7) is 1.88. The van der Waals surface area contributed by atoms with Gasteiger partial charge in [-0.15, -0.1) is 0 Å². The Hall–Kier alpha value is -2.62. The van der Waals surface area contributed by atoms with Crippen molar-refractivity contribution in [3.63, 3.8) is 0 Å². The van der Waals surface area contributed by atoms with Crippen LogP contribution in [-0.4, -0.2) is 19.7 Å². The summed E-state index contributed by atoms with van der Waals surface area (Å²) in [5.74, 6) is 0.947. The van der Waals surface area contributed by atoms with Gasteiger partial charge in [0.15, 0.2) is 0 Å². The van der Waals surface area contributed by atoms with Crippen molar-refractivity contribution in [3.05, 3.63) is 90.0 Å². The summed E-state index contributed by atoms with van der Waals surface area (Å²) in [6, 6.07) is 28.5. The molecular formula is C25H28N2O. The molecular weight excluding hydrogens is 344 g/mol. The first-order valence-electron chi connectivity index (χ1n) is 10.1. The Morgan fingerprint density at radius 2 is 1.61 bits per heavy atom. The van der Waals surface area contributed by atoms with E-state index in [-0.39, 0.29) is 0 Å².